The summed E-state index contributed by atoms with van der Waals surface area (Å²) in [7, 11) is 0. The molecule has 0 aliphatic carbocycles. The molecule has 124 valence electrons. The first-order valence-electron chi connectivity index (χ1n) is 7.53. The van der Waals surface area contributed by atoms with Crippen molar-refractivity contribution in [2.75, 3.05) is 18.0 Å². The average molecular weight is 331 g/mol. The number of benzene rings is 1. The zero-order valence-corrected chi connectivity index (χ0v) is 12.8. The molecule has 1 fully saturated rings. The highest BCUT2D eigenvalue weighted by molar-refractivity contribution is 5.54. The van der Waals surface area contributed by atoms with Crippen LogP contribution >= 0.6 is 0 Å². The Morgan fingerprint density at radius 2 is 1.88 bits per heavy atom. The molecule has 1 saturated heterocycles. The lowest BCUT2D eigenvalue weighted by Crippen LogP contribution is -2.31. The smallest absolute Gasteiger partial charge is 0.287 e. The van der Waals surface area contributed by atoms with E-state index in [9.17, 15) is 18.9 Å². The number of halogens is 2. The third kappa shape index (κ3) is 3.56. The van der Waals surface area contributed by atoms with Crippen LogP contribution in [0.1, 0.15) is 18.4 Å². The normalized spacial score (nSPS) is 14.6. The number of rotatable bonds is 3. The van der Waals surface area contributed by atoms with Crippen LogP contribution in [0.25, 0.3) is 6.08 Å². The van der Waals surface area contributed by atoms with Crippen molar-refractivity contribution in [1.29, 1.82) is 0 Å². The van der Waals surface area contributed by atoms with Crippen LogP contribution in [-0.4, -0.2) is 23.0 Å². The average Bonchev–Trinajstić information content (AvgIpc) is 2.59. The lowest BCUT2D eigenvalue weighted by molar-refractivity contribution is -0.385. The standard InChI is InChI=1S/C17H15F2N3O2/c18-15-3-1-13(10-16(15)19)9-12-5-7-21(8-6-12)17-4-2-14(11-20-17)22(23)24/h1-4,9-11H,5-8H2. The first kappa shape index (κ1) is 16.0. The first-order valence-corrected chi connectivity index (χ1v) is 7.53. The second-order valence-electron chi connectivity index (χ2n) is 5.59. The van der Waals surface area contributed by atoms with Crippen LogP contribution < -0.4 is 4.90 Å². The van der Waals surface area contributed by atoms with Crippen molar-refractivity contribution in [2.24, 2.45) is 0 Å². The van der Waals surface area contributed by atoms with Crippen molar-refractivity contribution < 1.29 is 13.7 Å². The molecule has 1 aliphatic rings. The van der Waals surface area contributed by atoms with Crippen molar-refractivity contribution in [3.63, 3.8) is 0 Å². The molecular formula is C17H15F2N3O2. The monoisotopic (exact) mass is 331 g/mol. The second kappa shape index (κ2) is 6.74. The van der Waals surface area contributed by atoms with Gasteiger partial charge >= 0.3 is 0 Å². The van der Waals surface area contributed by atoms with Gasteiger partial charge in [0, 0.05) is 19.2 Å². The Labute approximate surface area is 137 Å². The maximum absolute atomic E-state index is 13.2. The minimum atomic E-state index is -0.851. The van der Waals surface area contributed by atoms with E-state index in [0.29, 0.717) is 11.4 Å². The molecule has 24 heavy (non-hydrogen) atoms. The van der Waals surface area contributed by atoms with E-state index < -0.39 is 16.6 Å². The zero-order valence-electron chi connectivity index (χ0n) is 12.8. The van der Waals surface area contributed by atoms with E-state index >= 15 is 0 Å². The minimum absolute atomic E-state index is 0.0327. The molecule has 0 radical (unpaired) electrons. The summed E-state index contributed by atoms with van der Waals surface area (Å²) in [5.41, 5.74) is 1.76. The Bertz CT molecular complexity index is 781. The third-order valence-corrected chi connectivity index (χ3v) is 3.99. The van der Waals surface area contributed by atoms with Crippen molar-refractivity contribution >= 4 is 17.6 Å². The summed E-state index contributed by atoms with van der Waals surface area (Å²) in [6, 6.07) is 6.94. The van der Waals surface area contributed by atoms with Gasteiger partial charge in [-0.2, -0.15) is 0 Å². The largest absolute Gasteiger partial charge is 0.356 e. The van der Waals surface area contributed by atoms with E-state index in [2.05, 4.69) is 4.98 Å². The summed E-state index contributed by atoms with van der Waals surface area (Å²) < 4.78 is 26.2. The fourth-order valence-electron chi connectivity index (χ4n) is 2.68. The van der Waals surface area contributed by atoms with Crippen molar-refractivity contribution in [1.82, 2.24) is 4.98 Å². The van der Waals surface area contributed by atoms with Gasteiger partial charge in [0.05, 0.1) is 4.92 Å². The van der Waals surface area contributed by atoms with Gasteiger partial charge in [-0.25, -0.2) is 13.8 Å². The highest BCUT2D eigenvalue weighted by atomic mass is 19.2. The van der Waals surface area contributed by atoms with Crippen LogP contribution in [0.3, 0.4) is 0 Å². The van der Waals surface area contributed by atoms with Gasteiger partial charge in [0.25, 0.3) is 5.69 Å². The van der Waals surface area contributed by atoms with Crippen LogP contribution in [0.2, 0.25) is 0 Å². The fourth-order valence-corrected chi connectivity index (χ4v) is 2.68. The second-order valence-corrected chi connectivity index (χ2v) is 5.59. The first-order chi connectivity index (χ1) is 11.5. The Hall–Kier alpha value is -2.83. The number of piperidine rings is 1. The molecule has 0 bridgehead atoms. The Kier molecular flexibility index (Phi) is 4.50. The summed E-state index contributed by atoms with van der Waals surface area (Å²) >= 11 is 0. The van der Waals surface area contributed by atoms with Gasteiger partial charge in [0.15, 0.2) is 11.6 Å². The Balaban J connectivity index is 1.65. The fraction of sp³-hybridized carbons (Fsp3) is 0.235. The molecule has 5 nitrogen and oxygen atoms in total. The topological polar surface area (TPSA) is 59.3 Å². The molecule has 7 heteroatoms. The summed E-state index contributed by atoms with van der Waals surface area (Å²) in [4.78, 5) is 16.3. The predicted octanol–water partition coefficient (Wildman–Crippen LogP) is 3.95. The maximum atomic E-state index is 13.2. The molecule has 0 saturated carbocycles. The summed E-state index contributed by atoms with van der Waals surface area (Å²) in [6.45, 7) is 1.45. The molecule has 0 N–H and O–H groups in total. The van der Waals surface area contributed by atoms with Crippen LogP contribution in [-0.2, 0) is 0 Å². The van der Waals surface area contributed by atoms with E-state index in [1.54, 1.807) is 12.1 Å². The van der Waals surface area contributed by atoms with Crippen LogP contribution in [0.5, 0.6) is 0 Å². The van der Waals surface area contributed by atoms with Crippen molar-refractivity contribution in [3.8, 4) is 0 Å². The predicted molar refractivity (Wildman–Crippen MR) is 86.7 cm³/mol. The lowest BCUT2D eigenvalue weighted by atomic mass is 10.0. The van der Waals surface area contributed by atoms with Crippen LogP contribution in [0.15, 0.2) is 42.1 Å². The molecule has 1 aromatic heterocycles. The SMILES string of the molecule is O=[N+]([O-])c1ccc(N2CCC(=Cc3ccc(F)c(F)c3)CC2)nc1. The number of hydrogen-bond donors (Lipinski definition) is 0. The van der Waals surface area contributed by atoms with E-state index in [1.807, 2.05) is 11.0 Å². The molecule has 0 amide bonds. The molecule has 2 heterocycles. The number of nitro groups is 1. The van der Waals surface area contributed by atoms with Gasteiger partial charge in [-0.3, -0.25) is 10.1 Å². The van der Waals surface area contributed by atoms with E-state index in [-0.39, 0.29) is 5.69 Å². The highest BCUT2D eigenvalue weighted by Crippen LogP contribution is 2.24. The zero-order chi connectivity index (χ0) is 17.1. The quantitative estimate of drug-likeness (QED) is 0.631. The van der Waals surface area contributed by atoms with Crippen molar-refractivity contribution in [2.45, 2.75) is 12.8 Å². The summed E-state index contributed by atoms with van der Waals surface area (Å²) in [5.74, 6) is -0.999. The summed E-state index contributed by atoms with van der Waals surface area (Å²) in [6.07, 6.45) is 4.68. The van der Waals surface area contributed by atoms with Gasteiger partial charge in [0.2, 0.25) is 0 Å². The Morgan fingerprint density at radius 1 is 1.12 bits per heavy atom. The van der Waals surface area contributed by atoms with E-state index in [1.165, 1.54) is 18.3 Å². The van der Waals surface area contributed by atoms with Crippen LogP contribution in [0, 0.1) is 21.7 Å². The number of pyridine rings is 1. The maximum Gasteiger partial charge on any atom is 0.287 e. The molecule has 2 aromatic rings. The molecular weight excluding hydrogens is 316 g/mol. The molecule has 0 spiro atoms. The lowest BCUT2D eigenvalue weighted by Gasteiger charge is -2.29. The van der Waals surface area contributed by atoms with E-state index in [0.717, 1.165) is 37.6 Å². The number of anilines is 1. The van der Waals surface area contributed by atoms with Gasteiger partial charge in [0.1, 0.15) is 12.0 Å². The number of nitrogens with zero attached hydrogens (tertiary/aromatic N) is 3. The molecule has 0 atom stereocenters. The molecule has 0 unspecified atom stereocenters. The number of aromatic nitrogens is 1. The Morgan fingerprint density at radius 3 is 2.46 bits per heavy atom. The van der Waals surface area contributed by atoms with Gasteiger partial charge < -0.3 is 4.90 Å². The van der Waals surface area contributed by atoms with Gasteiger partial charge in [-0.15, -0.1) is 0 Å². The molecule has 3 rings (SSSR count). The van der Waals surface area contributed by atoms with E-state index in [4.69, 9.17) is 0 Å². The van der Waals surface area contributed by atoms with Crippen molar-refractivity contribution in [3.05, 3.63) is 69.4 Å². The van der Waals surface area contributed by atoms with Crippen LogP contribution in [0.4, 0.5) is 20.3 Å². The number of hydrogen-bond acceptors (Lipinski definition) is 4. The molecule has 1 aromatic carbocycles. The van der Waals surface area contributed by atoms with Gasteiger partial charge in [-0.1, -0.05) is 17.7 Å². The van der Waals surface area contributed by atoms with Gasteiger partial charge in [-0.05, 0) is 36.6 Å². The highest BCUT2D eigenvalue weighted by Gasteiger charge is 2.16. The summed E-state index contributed by atoms with van der Waals surface area (Å²) in [5, 5.41) is 10.6. The third-order valence-electron chi connectivity index (χ3n) is 3.99. The molecule has 1 aliphatic heterocycles. The minimum Gasteiger partial charge on any atom is -0.356 e.